The number of thioether (sulfide) groups is 1. The fourth-order valence-electron chi connectivity index (χ4n) is 2.49. The molecule has 2 nitrogen and oxygen atoms in total. The fraction of sp³-hybridized carbons (Fsp3) is 1.00. The van der Waals surface area contributed by atoms with Crippen molar-refractivity contribution in [1.29, 1.82) is 0 Å². The first-order valence-corrected chi connectivity index (χ1v) is 8.64. The summed E-state index contributed by atoms with van der Waals surface area (Å²) in [5.41, 5.74) is 0. The molecule has 1 fully saturated rings. The molecule has 0 aromatic carbocycles. The summed E-state index contributed by atoms with van der Waals surface area (Å²) in [4.78, 5) is 2.64. The Kier molecular flexibility index (Phi) is 9.21. The highest BCUT2D eigenvalue weighted by Crippen LogP contribution is 2.10. The molecule has 3 heteroatoms. The molecule has 17 heavy (non-hydrogen) atoms. The molecule has 0 spiro atoms. The summed E-state index contributed by atoms with van der Waals surface area (Å²) < 4.78 is 0. The van der Waals surface area contributed by atoms with E-state index < -0.39 is 0 Å². The lowest BCUT2D eigenvalue weighted by molar-refractivity contribution is 0.199. The molecule has 0 bridgehead atoms. The number of hydrogen-bond acceptors (Lipinski definition) is 3. The van der Waals surface area contributed by atoms with Crippen LogP contribution < -0.4 is 5.32 Å². The topological polar surface area (TPSA) is 15.3 Å². The van der Waals surface area contributed by atoms with Crippen LogP contribution in [0.1, 0.15) is 39.0 Å². The van der Waals surface area contributed by atoms with E-state index in [4.69, 9.17) is 0 Å². The minimum Gasteiger partial charge on any atom is -0.316 e. The van der Waals surface area contributed by atoms with Crippen molar-refractivity contribution in [1.82, 2.24) is 10.2 Å². The highest BCUT2D eigenvalue weighted by Gasteiger charge is 2.12. The standard InChI is InChI=1S/C14H30N2S/c1-14(12-15-8-4-7-11-17-2)13-16-9-5-3-6-10-16/h14-15H,3-13H2,1-2H3. The van der Waals surface area contributed by atoms with Crippen LogP contribution in [0.25, 0.3) is 0 Å². The SMILES string of the molecule is CSCCCCNCC(C)CN1CCCCC1. The quantitative estimate of drug-likeness (QED) is 0.640. The normalized spacial score (nSPS) is 19.4. The molecular formula is C14H30N2S. The Hall–Kier alpha value is 0.270. The van der Waals surface area contributed by atoms with Crippen molar-refractivity contribution < 1.29 is 0 Å². The van der Waals surface area contributed by atoms with E-state index in [0.29, 0.717) is 0 Å². The van der Waals surface area contributed by atoms with Crippen molar-refractivity contribution in [2.75, 3.05) is 44.7 Å². The maximum atomic E-state index is 3.60. The van der Waals surface area contributed by atoms with Gasteiger partial charge in [-0.05, 0) is 69.8 Å². The number of hydrogen-bond donors (Lipinski definition) is 1. The highest BCUT2D eigenvalue weighted by atomic mass is 32.2. The van der Waals surface area contributed by atoms with Gasteiger partial charge in [0.15, 0.2) is 0 Å². The Morgan fingerprint density at radius 2 is 1.94 bits per heavy atom. The molecule has 0 aromatic rings. The Labute approximate surface area is 112 Å². The lowest BCUT2D eigenvalue weighted by atomic mass is 10.1. The summed E-state index contributed by atoms with van der Waals surface area (Å²) in [5, 5.41) is 3.60. The van der Waals surface area contributed by atoms with Gasteiger partial charge in [0, 0.05) is 6.54 Å². The minimum atomic E-state index is 0.800. The van der Waals surface area contributed by atoms with Crippen LogP contribution in [-0.4, -0.2) is 49.6 Å². The largest absolute Gasteiger partial charge is 0.316 e. The van der Waals surface area contributed by atoms with E-state index >= 15 is 0 Å². The average Bonchev–Trinajstić information content (AvgIpc) is 2.35. The first-order chi connectivity index (χ1) is 8.33. The van der Waals surface area contributed by atoms with Crippen molar-refractivity contribution in [2.24, 2.45) is 5.92 Å². The summed E-state index contributed by atoms with van der Waals surface area (Å²) >= 11 is 1.95. The number of nitrogens with one attached hydrogen (secondary N) is 1. The van der Waals surface area contributed by atoms with Gasteiger partial charge in [0.05, 0.1) is 0 Å². The number of unbranched alkanes of at least 4 members (excludes halogenated alkanes) is 1. The van der Waals surface area contributed by atoms with Gasteiger partial charge in [0.2, 0.25) is 0 Å². The molecule has 1 heterocycles. The summed E-state index contributed by atoms with van der Waals surface area (Å²) in [7, 11) is 0. The van der Waals surface area contributed by atoms with Crippen LogP contribution in [0, 0.1) is 5.92 Å². The fourth-order valence-corrected chi connectivity index (χ4v) is 2.98. The van der Waals surface area contributed by atoms with E-state index in [0.717, 1.165) is 5.92 Å². The molecule has 0 amide bonds. The van der Waals surface area contributed by atoms with Gasteiger partial charge in [-0.15, -0.1) is 0 Å². The van der Waals surface area contributed by atoms with Gasteiger partial charge in [-0.2, -0.15) is 11.8 Å². The van der Waals surface area contributed by atoms with Crippen LogP contribution in [0.15, 0.2) is 0 Å². The predicted molar refractivity (Wildman–Crippen MR) is 79.9 cm³/mol. The molecule has 1 aliphatic rings. The monoisotopic (exact) mass is 258 g/mol. The van der Waals surface area contributed by atoms with E-state index in [2.05, 4.69) is 23.4 Å². The van der Waals surface area contributed by atoms with Crippen LogP contribution in [0.2, 0.25) is 0 Å². The van der Waals surface area contributed by atoms with E-state index in [-0.39, 0.29) is 0 Å². The molecule has 0 radical (unpaired) electrons. The van der Waals surface area contributed by atoms with Crippen molar-refractivity contribution in [3.05, 3.63) is 0 Å². The highest BCUT2D eigenvalue weighted by molar-refractivity contribution is 7.98. The van der Waals surface area contributed by atoms with Gasteiger partial charge in [0.1, 0.15) is 0 Å². The first-order valence-electron chi connectivity index (χ1n) is 7.25. The number of piperidine rings is 1. The molecule has 1 saturated heterocycles. The third-order valence-corrected chi connectivity index (χ3v) is 4.16. The van der Waals surface area contributed by atoms with Crippen LogP contribution in [0.5, 0.6) is 0 Å². The van der Waals surface area contributed by atoms with Crippen LogP contribution >= 0.6 is 11.8 Å². The van der Waals surface area contributed by atoms with E-state index in [1.54, 1.807) is 0 Å². The summed E-state index contributed by atoms with van der Waals surface area (Å²) in [5.74, 6) is 2.11. The second-order valence-electron chi connectivity index (χ2n) is 5.37. The molecule has 0 saturated carbocycles. The number of rotatable bonds is 9. The van der Waals surface area contributed by atoms with Gasteiger partial charge in [-0.25, -0.2) is 0 Å². The van der Waals surface area contributed by atoms with Crippen molar-refractivity contribution >= 4 is 11.8 Å². The minimum absolute atomic E-state index is 0.800. The Bertz CT molecular complexity index is 170. The molecule has 1 rings (SSSR count). The predicted octanol–water partition coefficient (Wildman–Crippen LogP) is 2.84. The molecule has 1 unspecified atom stereocenters. The molecule has 0 aliphatic carbocycles. The molecule has 102 valence electrons. The van der Waals surface area contributed by atoms with Gasteiger partial charge in [-0.3, -0.25) is 0 Å². The van der Waals surface area contributed by atoms with Crippen LogP contribution in [0.4, 0.5) is 0 Å². The average molecular weight is 258 g/mol. The van der Waals surface area contributed by atoms with Crippen molar-refractivity contribution in [3.8, 4) is 0 Å². The van der Waals surface area contributed by atoms with E-state index in [1.165, 1.54) is 70.6 Å². The maximum Gasteiger partial charge on any atom is 0.00191 e. The maximum absolute atomic E-state index is 3.60. The van der Waals surface area contributed by atoms with E-state index in [9.17, 15) is 0 Å². The Morgan fingerprint density at radius 3 is 2.65 bits per heavy atom. The molecule has 1 N–H and O–H groups in total. The molecular weight excluding hydrogens is 228 g/mol. The zero-order valence-corrected chi connectivity index (χ0v) is 12.5. The van der Waals surface area contributed by atoms with Crippen LogP contribution in [-0.2, 0) is 0 Å². The second kappa shape index (κ2) is 10.2. The summed E-state index contributed by atoms with van der Waals surface area (Å²) in [6, 6.07) is 0. The van der Waals surface area contributed by atoms with Gasteiger partial charge < -0.3 is 10.2 Å². The molecule has 0 aromatic heterocycles. The number of nitrogens with zero attached hydrogens (tertiary/aromatic N) is 1. The lowest BCUT2D eigenvalue weighted by Crippen LogP contribution is -2.36. The first kappa shape index (κ1) is 15.3. The summed E-state index contributed by atoms with van der Waals surface area (Å²) in [6.45, 7) is 8.72. The third-order valence-electron chi connectivity index (χ3n) is 3.46. The summed E-state index contributed by atoms with van der Waals surface area (Å²) in [6.07, 6.45) is 9.14. The third kappa shape index (κ3) is 8.06. The Balaban J connectivity index is 1.91. The van der Waals surface area contributed by atoms with Gasteiger partial charge in [-0.1, -0.05) is 13.3 Å². The molecule has 1 aliphatic heterocycles. The smallest absolute Gasteiger partial charge is 0.00191 e. The Morgan fingerprint density at radius 1 is 1.18 bits per heavy atom. The number of likely N-dealkylation sites (tertiary alicyclic amines) is 1. The van der Waals surface area contributed by atoms with Crippen LogP contribution in [0.3, 0.4) is 0 Å². The molecule has 1 atom stereocenters. The van der Waals surface area contributed by atoms with Gasteiger partial charge >= 0.3 is 0 Å². The zero-order chi connectivity index (χ0) is 12.3. The van der Waals surface area contributed by atoms with Gasteiger partial charge in [0.25, 0.3) is 0 Å². The van der Waals surface area contributed by atoms with E-state index in [1.807, 2.05) is 11.8 Å². The van der Waals surface area contributed by atoms with Crippen molar-refractivity contribution in [2.45, 2.75) is 39.0 Å². The van der Waals surface area contributed by atoms with Crippen molar-refractivity contribution in [3.63, 3.8) is 0 Å². The second-order valence-corrected chi connectivity index (χ2v) is 6.36. The lowest BCUT2D eigenvalue weighted by Gasteiger charge is -2.29. The zero-order valence-electron chi connectivity index (χ0n) is 11.7.